The molecule has 0 aromatic heterocycles. The topological polar surface area (TPSA) is 47.3 Å². The highest BCUT2D eigenvalue weighted by atomic mass is 16.5. The summed E-state index contributed by atoms with van der Waals surface area (Å²) in [6.07, 6.45) is 4.00. The summed E-state index contributed by atoms with van der Waals surface area (Å²) in [7, 11) is 0. The van der Waals surface area contributed by atoms with Crippen LogP contribution in [0.25, 0.3) is 0 Å². The first kappa shape index (κ1) is 14.3. The molecule has 1 saturated heterocycles. The van der Waals surface area contributed by atoms with Crippen LogP contribution in [0.3, 0.4) is 0 Å². The van der Waals surface area contributed by atoms with E-state index in [-0.39, 0.29) is 11.0 Å². The summed E-state index contributed by atoms with van der Waals surface area (Å²) >= 11 is 0. The highest BCUT2D eigenvalue weighted by Gasteiger charge is 2.65. The predicted molar refractivity (Wildman–Crippen MR) is 75.5 cm³/mol. The van der Waals surface area contributed by atoms with Crippen molar-refractivity contribution in [3.05, 3.63) is 0 Å². The molecule has 0 bridgehead atoms. The van der Waals surface area contributed by atoms with Crippen molar-refractivity contribution in [2.75, 3.05) is 19.7 Å². The Balaban J connectivity index is 1.92. The molecule has 4 atom stereocenters. The van der Waals surface area contributed by atoms with Crippen molar-refractivity contribution in [1.82, 2.24) is 5.32 Å². The minimum absolute atomic E-state index is 0.0917. The van der Waals surface area contributed by atoms with Crippen LogP contribution >= 0.6 is 0 Å². The molecular weight excluding hydrogens is 224 g/mol. The lowest BCUT2D eigenvalue weighted by atomic mass is 9.46. The fourth-order valence-corrected chi connectivity index (χ4v) is 3.70. The molecule has 0 spiro atoms. The first-order valence-electron chi connectivity index (χ1n) is 7.54. The Kier molecular flexibility index (Phi) is 4.05. The van der Waals surface area contributed by atoms with E-state index in [1.807, 2.05) is 0 Å². The Morgan fingerprint density at radius 3 is 2.83 bits per heavy atom. The maximum atomic E-state index is 6.72. The zero-order chi connectivity index (χ0) is 13.4. The second-order valence-corrected chi connectivity index (χ2v) is 6.95. The molecule has 2 rings (SSSR count). The first-order chi connectivity index (χ1) is 8.43. The van der Waals surface area contributed by atoms with Crippen molar-refractivity contribution in [2.45, 2.75) is 58.6 Å². The second kappa shape index (κ2) is 5.10. The van der Waals surface area contributed by atoms with Crippen LogP contribution in [0.2, 0.25) is 0 Å². The maximum absolute atomic E-state index is 6.72. The van der Waals surface area contributed by atoms with Gasteiger partial charge in [-0.25, -0.2) is 0 Å². The lowest BCUT2D eigenvalue weighted by molar-refractivity contribution is -0.225. The zero-order valence-corrected chi connectivity index (χ0v) is 12.5. The Labute approximate surface area is 112 Å². The monoisotopic (exact) mass is 254 g/mol. The molecule has 0 radical (unpaired) electrons. The number of fused-ring (bicyclic) bond motifs is 1. The third-order valence-electron chi connectivity index (χ3n) is 5.50. The molecule has 0 amide bonds. The summed E-state index contributed by atoms with van der Waals surface area (Å²) in [5, 5.41) is 3.59. The summed E-state index contributed by atoms with van der Waals surface area (Å²) < 4.78 is 5.93. The quantitative estimate of drug-likeness (QED) is 0.790. The highest BCUT2D eigenvalue weighted by molar-refractivity contribution is 5.20. The van der Waals surface area contributed by atoms with Crippen molar-refractivity contribution in [3.8, 4) is 0 Å². The van der Waals surface area contributed by atoms with Gasteiger partial charge in [-0.3, -0.25) is 0 Å². The number of hydrogen-bond acceptors (Lipinski definition) is 3. The van der Waals surface area contributed by atoms with Gasteiger partial charge in [0.25, 0.3) is 0 Å². The molecule has 1 saturated carbocycles. The van der Waals surface area contributed by atoms with Crippen molar-refractivity contribution >= 4 is 0 Å². The smallest absolute Gasteiger partial charge is 0.0690 e. The van der Waals surface area contributed by atoms with Crippen LogP contribution in [0.5, 0.6) is 0 Å². The molecule has 0 aromatic rings. The van der Waals surface area contributed by atoms with Gasteiger partial charge < -0.3 is 15.8 Å². The molecule has 4 unspecified atom stereocenters. The van der Waals surface area contributed by atoms with E-state index in [9.17, 15) is 0 Å². The van der Waals surface area contributed by atoms with E-state index in [1.54, 1.807) is 0 Å². The normalized spacial score (nSPS) is 39.8. The number of nitrogens with two attached hydrogens (primary N) is 1. The zero-order valence-electron chi connectivity index (χ0n) is 12.5. The van der Waals surface area contributed by atoms with Gasteiger partial charge in [0.1, 0.15) is 0 Å². The van der Waals surface area contributed by atoms with Crippen LogP contribution < -0.4 is 11.1 Å². The molecule has 3 heteroatoms. The number of hydrogen-bond donors (Lipinski definition) is 2. The summed E-state index contributed by atoms with van der Waals surface area (Å²) in [5.74, 6) is 1.28. The Hall–Kier alpha value is -0.120. The van der Waals surface area contributed by atoms with Crippen LogP contribution in [0.4, 0.5) is 0 Å². The molecule has 2 aliphatic rings. The van der Waals surface area contributed by atoms with Gasteiger partial charge in [-0.2, -0.15) is 0 Å². The van der Waals surface area contributed by atoms with E-state index < -0.39 is 0 Å². The van der Waals surface area contributed by atoms with Gasteiger partial charge in [0, 0.05) is 30.0 Å². The SMILES string of the molecule is CCC(C)CNCC1(N)C2CCCOC2C1(C)C. The second-order valence-electron chi connectivity index (χ2n) is 6.95. The summed E-state index contributed by atoms with van der Waals surface area (Å²) in [6, 6.07) is 0. The average molecular weight is 254 g/mol. The van der Waals surface area contributed by atoms with Crippen LogP contribution in [-0.2, 0) is 4.74 Å². The summed E-state index contributed by atoms with van der Waals surface area (Å²) in [6.45, 7) is 12.0. The van der Waals surface area contributed by atoms with Gasteiger partial charge in [0.05, 0.1) is 6.10 Å². The molecule has 1 aliphatic heterocycles. The third kappa shape index (κ3) is 2.10. The molecule has 3 N–H and O–H groups in total. The van der Waals surface area contributed by atoms with Crippen LogP contribution in [-0.4, -0.2) is 31.3 Å². The van der Waals surface area contributed by atoms with Gasteiger partial charge in [-0.05, 0) is 25.3 Å². The largest absolute Gasteiger partial charge is 0.377 e. The van der Waals surface area contributed by atoms with Crippen LogP contribution in [0.1, 0.15) is 47.0 Å². The minimum Gasteiger partial charge on any atom is -0.377 e. The molecule has 18 heavy (non-hydrogen) atoms. The molecule has 2 fully saturated rings. The van der Waals surface area contributed by atoms with Gasteiger partial charge in [-0.15, -0.1) is 0 Å². The van der Waals surface area contributed by atoms with E-state index >= 15 is 0 Å². The molecule has 1 aliphatic carbocycles. The van der Waals surface area contributed by atoms with Gasteiger partial charge in [0.2, 0.25) is 0 Å². The predicted octanol–water partition coefficient (Wildman–Crippen LogP) is 2.15. The molecule has 106 valence electrons. The molecular formula is C15H30N2O. The maximum Gasteiger partial charge on any atom is 0.0690 e. The Morgan fingerprint density at radius 1 is 1.44 bits per heavy atom. The number of ether oxygens (including phenoxy) is 1. The first-order valence-corrected chi connectivity index (χ1v) is 7.54. The lowest BCUT2D eigenvalue weighted by Gasteiger charge is -2.66. The highest BCUT2D eigenvalue weighted by Crippen LogP contribution is 2.56. The number of nitrogens with one attached hydrogen (secondary N) is 1. The lowest BCUT2D eigenvalue weighted by Crippen LogP contribution is -2.80. The van der Waals surface area contributed by atoms with E-state index in [1.165, 1.54) is 19.3 Å². The molecule has 0 aromatic carbocycles. The van der Waals surface area contributed by atoms with Crippen molar-refractivity contribution in [3.63, 3.8) is 0 Å². The van der Waals surface area contributed by atoms with Crippen LogP contribution in [0.15, 0.2) is 0 Å². The van der Waals surface area contributed by atoms with Crippen LogP contribution in [0, 0.1) is 17.3 Å². The summed E-state index contributed by atoms with van der Waals surface area (Å²) in [4.78, 5) is 0. The minimum atomic E-state index is -0.0917. The van der Waals surface area contributed by atoms with Gasteiger partial charge >= 0.3 is 0 Å². The Bertz CT molecular complexity index is 292. The van der Waals surface area contributed by atoms with E-state index in [0.717, 1.165) is 25.6 Å². The Morgan fingerprint density at radius 2 is 2.17 bits per heavy atom. The van der Waals surface area contributed by atoms with Crippen molar-refractivity contribution in [1.29, 1.82) is 0 Å². The van der Waals surface area contributed by atoms with E-state index in [0.29, 0.717) is 12.0 Å². The van der Waals surface area contributed by atoms with Crippen molar-refractivity contribution < 1.29 is 4.74 Å². The third-order valence-corrected chi connectivity index (χ3v) is 5.50. The summed E-state index contributed by atoms with van der Waals surface area (Å²) in [5.41, 5.74) is 6.73. The number of rotatable bonds is 5. The van der Waals surface area contributed by atoms with E-state index in [2.05, 4.69) is 33.0 Å². The van der Waals surface area contributed by atoms with Gasteiger partial charge in [-0.1, -0.05) is 34.1 Å². The van der Waals surface area contributed by atoms with Gasteiger partial charge in [0.15, 0.2) is 0 Å². The molecule has 1 heterocycles. The fourth-order valence-electron chi connectivity index (χ4n) is 3.70. The molecule has 3 nitrogen and oxygen atoms in total. The fraction of sp³-hybridized carbons (Fsp3) is 1.00. The average Bonchev–Trinajstić information content (AvgIpc) is 2.38. The van der Waals surface area contributed by atoms with Crippen molar-refractivity contribution in [2.24, 2.45) is 23.0 Å². The standard InChI is InChI=1S/C15H30N2O/c1-5-11(2)9-17-10-15(16)12-7-6-8-18-13(12)14(15,3)4/h11-13,17H,5-10,16H2,1-4H3. The van der Waals surface area contributed by atoms with E-state index in [4.69, 9.17) is 10.5 Å².